The molecule has 92 valence electrons. The maximum atomic E-state index is 9.18. The smallest absolute Gasteiger partial charge is 0.134 e. The first-order valence-electron chi connectivity index (χ1n) is 6.04. The lowest BCUT2D eigenvalue weighted by Crippen LogP contribution is -2.18. The number of hydrogen-bond donors (Lipinski definition) is 2. The molecule has 1 atom stereocenters. The van der Waals surface area contributed by atoms with Crippen molar-refractivity contribution >= 4 is 11.0 Å². The minimum atomic E-state index is -0.246. The van der Waals surface area contributed by atoms with E-state index in [2.05, 4.69) is 11.4 Å². The highest BCUT2D eigenvalue weighted by Crippen LogP contribution is 2.24. The van der Waals surface area contributed by atoms with E-state index in [0.717, 1.165) is 30.9 Å². The van der Waals surface area contributed by atoms with Crippen LogP contribution in [0.3, 0.4) is 0 Å². The molecule has 0 fully saturated rings. The van der Waals surface area contributed by atoms with E-state index in [9.17, 15) is 5.11 Å². The van der Waals surface area contributed by atoms with Gasteiger partial charge in [-0.3, -0.25) is 0 Å². The monoisotopic (exact) mass is 233 g/mol. The van der Waals surface area contributed by atoms with Gasteiger partial charge in [-0.25, -0.2) is 0 Å². The molecule has 1 aromatic heterocycles. The van der Waals surface area contributed by atoms with Crippen LogP contribution in [-0.4, -0.2) is 17.8 Å². The number of para-hydroxylation sites is 1. The van der Waals surface area contributed by atoms with E-state index in [-0.39, 0.29) is 6.10 Å². The highest BCUT2D eigenvalue weighted by molar-refractivity contribution is 5.82. The summed E-state index contributed by atoms with van der Waals surface area (Å²) in [5.41, 5.74) is 2.16. The number of nitrogens with one attached hydrogen (secondary N) is 1. The lowest BCUT2D eigenvalue weighted by Gasteiger charge is -2.06. The van der Waals surface area contributed by atoms with Gasteiger partial charge in [-0.05, 0) is 32.9 Å². The normalized spacial score (nSPS) is 13.1. The van der Waals surface area contributed by atoms with Gasteiger partial charge in [-0.15, -0.1) is 0 Å². The average Bonchev–Trinajstić information content (AvgIpc) is 2.60. The molecule has 1 heterocycles. The number of rotatable bonds is 5. The van der Waals surface area contributed by atoms with Crippen LogP contribution in [0.25, 0.3) is 11.0 Å². The van der Waals surface area contributed by atoms with Crippen molar-refractivity contribution < 1.29 is 9.52 Å². The van der Waals surface area contributed by atoms with Gasteiger partial charge >= 0.3 is 0 Å². The molecule has 3 heteroatoms. The Bertz CT molecular complexity index is 488. The maximum absolute atomic E-state index is 9.18. The number of fused-ring (bicyclic) bond motifs is 1. The van der Waals surface area contributed by atoms with Crippen molar-refractivity contribution in [1.29, 1.82) is 0 Å². The van der Waals surface area contributed by atoms with Crippen LogP contribution in [0.4, 0.5) is 0 Å². The third-order valence-electron chi connectivity index (χ3n) is 2.94. The summed E-state index contributed by atoms with van der Waals surface area (Å²) < 4.78 is 5.69. The second-order valence-electron chi connectivity index (χ2n) is 4.45. The van der Waals surface area contributed by atoms with Crippen molar-refractivity contribution in [2.45, 2.75) is 32.9 Å². The van der Waals surface area contributed by atoms with Crippen LogP contribution < -0.4 is 5.32 Å². The van der Waals surface area contributed by atoms with Gasteiger partial charge < -0.3 is 14.8 Å². The van der Waals surface area contributed by atoms with E-state index >= 15 is 0 Å². The molecule has 2 aromatic rings. The second kappa shape index (κ2) is 5.34. The van der Waals surface area contributed by atoms with E-state index in [1.807, 2.05) is 25.1 Å². The van der Waals surface area contributed by atoms with Crippen molar-refractivity contribution in [3.05, 3.63) is 35.6 Å². The largest absolute Gasteiger partial charge is 0.461 e. The maximum Gasteiger partial charge on any atom is 0.134 e. The minimum Gasteiger partial charge on any atom is -0.461 e. The molecule has 1 unspecified atom stereocenters. The lowest BCUT2D eigenvalue weighted by molar-refractivity contribution is 0.183. The van der Waals surface area contributed by atoms with Gasteiger partial charge in [0.15, 0.2) is 0 Å². The van der Waals surface area contributed by atoms with Crippen molar-refractivity contribution in [3.8, 4) is 0 Å². The average molecular weight is 233 g/mol. The summed E-state index contributed by atoms with van der Waals surface area (Å²) in [4.78, 5) is 0. The van der Waals surface area contributed by atoms with E-state index in [0.29, 0.717) is 0 Å². The Labute approximate surface area is 101 Å². The van der Waals surface area contributed by atoms with Crippen molar-refractivity contribution in [2.75, 3.05) is 6.54 Å². The molecule has 2 rings (SSSR count). The Hall–Kier alpha value is -1.32. The quantitative estimate of drug-likeness (QED) is 0.780. The number of furan rings is 1. The van der Waals surface area contributed by atoms with Crippen molar-refractivity contribution in [3.63, 3.8) is 0 Å². The zero-order chi connectivity index (χ0) is 12.3. The number of aliphatic hydroxyl groups excluding tert-OH is 1. The van der Waals surface area contributed by atoms with Crippen LogP contribution in [0.2, 0.25) is 0 Å². The number of benzene rings is 1. The summed E-state index contributed by atoms with van der Waals surface area (Å²) in [5, 5.41) is 13.7. The fourth-order valence-corrected chi connectivity index (χ4v) is 1.97. The second-order valence-corrected chi connectivity index (χ2v) is 4.45. The summed E-state index contributed by atoms with van der Waals surface area (Å²) in [7, 11) is 0. The first-order valence-corrected chi connectivity index (χ1v) is 6.04. The first-order chi connectivity index (χ1) is 8.18. The summed E-state index contributed by atoms with van der Waals surface area (Å²) in [6, 6.07) is 8.08. The SMILES string of the molecule is Cc1oc2ccccc2c1CNCCC(C)O. The van der Waals surface area contributed by atoms with Gasteiger partial charge in [0.05, 0.1) is 6.10 Å². The number of aliphatic hydroxyl groups is 1. The molecule has 0 saturated heterocycles. The predicted molar refractivity (Wildman–Crippen MR) is 69.0 cm³/mol. The fraction of sp³-hybridized carbons (Fsp3) is 0.429. The zero-order valence-corrected chi connectivity index (χ0v) is 10.4. The van der Waals surface area contributed by atoms with Gasteiger partial charge in [0.25, 0.3) is 0 Å². The van der Waals surface area contributed by atoms with E-state index in [4.69, 9.17) is 4.42 Å². The van der Waals surface area contributed by atoms with Crippen LogP contribution in [0.15, 0.2) is 28.7 Å². The van der Waals surface area contributed by atoms with Gasteiger partial charge in [-0.2, -0.15) is 0 Å². The lowest BCUT2D eigenvalue weighted by atomic mass is 10.1. The molecule has 1 aromatic carbocycles. The predicted octanol–water partition coefficient (Wildman–Crippen LogP) is 2.60. The Morgan fingerprint density at radius 3 is 2.88 bits per heavy atom. The molecule has 0 amide bonds. The molecule has 0 aliphatic heterocycles. The molecule has 0 radical (unpaired) electrons. The minimum absolute atomic E-state index is 0.246. The van der Waals surface area contributed by atoms with E-state index in [1.54, 1.807) is 6.92 Å². The fourth-order valence-electron chi connectivity index (χ4n) is 1.97. The molecule has 0 aliphatic rings. The van der Waals surface area contributed by atoms with Crippen LogP contribution in [0.1, 0.15) is 24.7 Å². The Morgan fingerprint density at radius 1 is 1.35 bits per heavy atom. The molecule has 0 aliphatic carbocycles. The van der Waals surface area contributed by atoms with Crippen LogP contribution in [-0.2, 0) is 6.54 Å². The van der Waals surface area contributed by atoms with Crippen LogP contribution >= 0.6 is 0 Å². The summed E-state index contributed by atoms with van der Waals surface area (Å²) in [6.07, 6.45) is 0.527. The summed E-state index contributed by atoms with van der Waals surface area (Å²) in [5.74, 6) is 0.968. The molecule has 3 nitrogen and oxygen atoms in total. The van der Waals surface area contributed by atoms with E-state index in [1.165, 1.54) is 10.9 Å². The van der Waals surface area contributed by atoms with E-state index < -0.39 is 0 Å². The first kappa shape index (κ1) is 12.1. The molecular formula is C14H19NO2. The van der Waals surface area contributed by atoms with Crippen molar-refractivity contribution in [2.24, 2.45) is 0 Å². The molecule has 17 heavy (non-hydrogen) atoms. The van der Waals surface area contributed by atoms with Gasteiger partial charge in [0.2, 0.25) is 0 Å². The topological polar surface area (TPSA) is 45.4 Å². The third-order valence-corrected chi connectivity index (χ3v) is 2.94. The Balaban J connectivity index is 2.05. The van der Waals surface area contributed by atoms with Gasteiger partial charge in [0, 0.05) is 17.5 Å². The highest BCUT2D eigenvalue weighted by atomic mass is 16.3. The Kier molecular flexibility index (Phi) is 3.82. The number of aryl methyl sites for hydroxylation is 1. The van der Waals surface area contributed by atoms with Crippen molar-refractivity contribution in [1.82, 2.24) is 5.32 Å². The molecule has 0 saturated carbocycles. The molecule has 2 N–H and O–H groups in total. The summed E-state index contributed by atoms with van der Waals surface area (Å²) >= 11 is 0. The van der Waals surface area contributed by atoms with Crippen LogP contribution in [0, 0.1) is 6.92 Å². The van der Waals surface area contributed by atoms with Gasteiger partial charge in [-0.1, -0.05) is 18.2 Å². The van der Waals surface area contributed by atoms with Gasteiger partial charge in [0.1, 0.15) is 11.3 Å². The molecule has 0 bridgehead atoms. The number of hydrogen-bond acceptors (Lipinski definition) is 3. The standard InChI is InChI=1S/C14H19NO2/c1-10(16)7-8-15-9-13-11(2)17-14-6-4-3-5-12(13)14/h3-6,10,15-16H,7-9H2,1-2H3. The Morgan fingerprint density at radius 2 is 2.12 bits per heavy atom. The zero-order valence-electron chi connectivity index (χ0n) is 10.4. The molecular weight excluding hydrogens is 214 g/mol. The highest BCUT2D eigenvalue weighted by Gasteiger charge is 2.09. The molecule has 0 spiro atoms. The third kappa shape index (κ3) is 2.87. The van der Waals surface area contributed by atoms with Crippen LogP contribution in [0.5, 0.6) is 0 Å². The summed E-state index contributed by atoms with van der Waals surface area (Å²) in [6.45, 7) is 5.40.